The van der Waals surface area contributed by atoms with E-state index in [1.807, 2.05) is 0 Å². The number of nitrogens with zero attached hydrogens (tertiary/aromatic N) is 2. The molecule has 0 spiro atoms. The van der Waals surface area contributed by atoms with Gasteiger partial charge in [-0.25, -0.2) is 0 Å². The molecular formula is C32H56N2O2. The molecule has 3 saturated carbocycles. The van der Waals surface area contributed by atoms with Crippen LogP contribution in [0.5, 0.6) is 0 Å². The molecule has 6 rings (SSSR count). The van der Waals surface area contributed by atoms with Gasteiger partial charge < -0.3 is 19.3 Å². The highest BCUT2D eigenvalue weighted by Gasteiger charge is 2.62. The zero-order chi connectivity index (χ0) is 25.0. The first-order valence-electron chi connectivity index (χ1n) is 16.0. The molecule has 1 unspecified atom stereocenters. The number of fused-ring (bicyclic) bond motifs is 3. The van der Waals surface area contributed by atoms with Gasteiger partial charge in [-0.2, -0.15) is 0 Å². The van der Waals surface area contributed by atoms with Crippen molar-refractivity contribution in [2.75, 3.05) is 39.3 Å². The number of ether oxygens (including phenoxy) is 2. The summed E-state index contributed by atoms with van der Waals surface area (Å²) in [6.07, 6.45) is 18.1. The lowest BCUT2D eigenvalue weighted by Crippen LogP contribution is -2.63. The third-order valence-corrected chi connectivity index (χ3v) is 12.7. The van der Waals surface area contributed by atoms with Crippen LogP contribution in [0.4, 0.5) is 0 Å². The standard InChI is InChI=1S/C32H56N2O2/c1-30(2)16-11-27-31(3,17-12-28-32(27,4)23-35-29(36-28)24-9-5-6-10-24)26(30)15-22-33-20-13-25(14-21-33)34-18-7-8-19-34/h24-29H,5-23H2,1-4H3/t26-,27?,28-,29-,31+,32+/m1/s1. The Bertz CT molecular complexity index is 751. The van der Waals surface area contributed by atoms with E-state index in [1.54, 1.807) is 0 Å². The van der Waals surface area contributed by atoms with Gasteiger partial charge in [0.25, 0.3) is 0 Å². The minimum absolute atomic E-state index is 0.0780. The highest BCUT2D eigenvalue weighted by Crippen LogP contribution is 2.66. The summed E-state index contributed by atoms with van der Waals surface area (Å²) in [6, 6.07) is 0.867. The topological polar surface area (TPSA) is 24.9 Å². The molecule has 206 valence electrons. The Kier molecular flexibility index (Phi) is 7.32. The van der Waals surface area contributed by atoms with Crippen LogP contribution in [0.1, 0.15) is 111 Å². The van der Waals surface area contributed by atoms with Gasteiger partial charge in [-0.1, -0.05) is 40.5 Å². The van der Waals surface area contributed by atoms with Gasteiger partial charge in [0.05, 0.1) is 12.7 Å². The van der Waals surface area contributed by atoms with Gasteiger partial charge in [-0.15, -0.1) is 0 Å². The van der Waals surface area contributed by atoms with Crippen molar-refractivity contribution in [1.82, 2.24) is 9.80 Å². The van der Waals surface area contributed by atoms with E-state index in [-0.39, 0.29) is 11.7 Å². The monoisotopic (exact) mass is 500 g/mol. The van der Waals surface area contributed by atoms with Crippen molar-refractivity contribution in [3.05, 3.63) is 0 Å². The molecule has 3 saturated heterocycles. The van der Waals surface area contributed by atoms with E-state index in [0.717, 1.165) is 24.5 Å². The second-order valence-electron chi connectivity index (χ2n) is 15.1. The molecule has 3 aliphatic heterocycles. The lowest BCUT2D eigenvalue weighted by Gasteiger charge is -2.65. The maximum absolute atomic E-state index is 6.83. The molecule has 4 heteroatoms. The Morgan fingerprint density at radius 2 is 1.47 bits per heavy atom. The van der Waals surface area contributed by atoms with Gasteiger partial charge in [0.1, 0.15) is 0 Å². The average molecular weight is 501 g/mol. The predicted octanol–water partition coefficient (Wildman–Crippen LogP) is 6.73. The maximum Gasteiger partial charge on any atom is 0.160 e. The van der Waals surface area contributed by atoms with E-state index in [9.17, 15) is 0 Å². The SMILES string of the molecule is CC1(C)CCC2[C@]3(C)CO[C@@H](C4CCCC4)O[C@@H]3CC[C@@]2(C)[C@@H]1CCN1CCC(N2CCCC2)CC1. The fourth-order valence-electron chi connectivity index (χ4n) is 10.6. The molecule has 3 aliphatic carbocycles. The molecule has 0 amide bonds. The van der Waals surface area contributed by atoms with Crippen LogP contribution in [0.15, 0.2) is 0 Å². The van der Waals surface area contributed by atoms with Crippen LogP contribution >= 0.6 is 0 Å². The van der Waals surface area contributed by atoms with Gasteiger partial charge >= 0.3 is 0 Å². The molecule has 36 heavy (non-hydrogen) atoms. The normalized spacial score (nSPS) is 45.0. The molecule has 6 aliphatic rings. The lowest BCUT2D eigenvalue weighted by atomic mass is 9.42. The number of hydrogen-bond acceptors (Lipinski definition) is 4. The van der Waals surface area contributed by atoms with Crippen molar-refractivity contribution >= 4 is 0 Å². The number of likely N-dealkylation sites (tertiary alicyclic amines) is 2. The van der Waals surface area contributed by atoms with E-state index >= 15 is 0 Å². The van der Waals surface area contributed by atoms with Crippen LogP contribution in [0.25, 0.3) is 0 Å². The molecule has 6 atom stereocenters. The van der Waals surface area contributed by atoms with Crippen LogP contribution in [0.2, 0.25) is 0 Å². The number of hydrogen-bond donors (Lipinski definition) is 0. The number of rotatable bonds is 5. The molecule has 6 fully saturated rings. The second-order valence-corrected chi connectivity index (χ2v) is 15.1. The average Bonchev–Trinajstić information content (AvgIpc) is 3.58. The first-order valence-corrected chi connectivity index (χ1v) is 16.0. The van der Waals surface area contributed by atoms with Crippen molar-refractivity contribution < 1.29 is 9.47 Å². The Balaban J connectivity index is 1.11. The molecule has 0 aromatic rings. The molecule has 0 N–H and O–H groups in total. The summed E-state index contributed by atoms with van der Waals surface area (Å²) >= 11 is 0. The van der Waals surface area contributed by atoms with Gasteiger partial charge in [0.15, 0.2) is 6.29 Å². The summed E-state index contributed by atoms with van der Waals surface area (Å²) in [5, 5.41) is 0. The first-order chi connectivity index (χ1) is 17.3. The predicted molar refractivity (Wildman–Crippen MR) is 147 cm³/mol. The van der Waals surface area contributed by atoms with Crippen molar-refractivity contribution in [2.24, 2.45) is 34.0 Å². The van der Waals surface area contributed by atoms with Gasteiger partial charge in [0.2, 0.25) is 0 Å². The fraction of sp³-hybridized carbons (Fsp3) is 1.00. The zero-order valence-corrected chi connectivity index (χ0v) is 24.1. The molecular weight excluding hydrogens is 444 g/mol. The molecule has 0 radical (unpaired) electrons. The van der Waals surface area contributed by atoms with Crippen molar-refractivity contribution in [2.45, 2.75) is 130 Å². The lowest BCUT2D eigenvalue weighted by molar-refractivity contribution is -0.322. The largest absolute Gasteiger partial charge is 0.352 e. The Hall–Kier alpha value is -0.160. The molecule has 3 heterocycles. The van der Waals surface area contributed by atoms with Crippen molar-refractivity contribution in [3.63, 3.8) is 0 Å². The van der Waals surface area contributed by atoms with Crippen molar-refractivity contribution in [3.8, 4) is 0 Å². The van der Waals surface area contributed by atoms with Crippen LogP contribution in [0.3, 0.4) is 0 Å². The van der Waals surface area contributed by atoms with E-state index < -0.39 is 0 Å². The highest BCUT2D eigenvalue weighted by molar-refractivity contribution is 5.10. The van der Waals surface area contributed by atoms with Gasteiger partial charge in [-0.3, -0.25) is 0 Å². The quantitative estimate of drug-likeness (QED) is 0.418. The molecule has 0 aromatic heterocycles. The van der Waals surface area contributed by atoms with Gasteiger partial charge in [-0.05, 0) is 126 Å². The highest BCUT2D eigenvalue weighted by atomic mass is 16.7. The van der Waals surface area contributed by atoms with Crippen LogP contribution in [0, 0.1) is 34.0 Å². The van der Waals surface area contributed by atoms with Crippen LogP contribution in [-0.4, -0.2) is 67.6 Å². The Morgan fingerprint density at radius 3 is 2.19 bits per heavy atom. The molecule has 0 aromatic carbocycles. The molecule has 0 bridgehead atoms. The summed E-state index contributed by atoms with van der Waals surface area (Å²) in [5.41, 5.74) is 1.03. The first kappa shape index (κ1) is 26.1. The third kappa shape index (κ3) is 4.62. The van der Waals surface area contributed by atoms with Crippen LogP contribution in [-0.2, 0) is 9.47 Å². The molecule has 4 nitrogen and oxygen atoms in total. The third-order valence-electron chi connectivity index (χ3n) is 12.7. The number of piperidine rings is 1. The van der Waals surface area contributed by atoms with Gasteiger partial charge in [0, 0.05) is 17.4 Å². The smallest absolute Gasteiger partial charge is 0.160 e. The van der Waals surface area contributed by atoms with E-state index in [0.29, 0.717) is 22.9 Å². The maximum atomic E-state index is 6.83. The summed E-state index contributed by atoms with van der Waals surface area (Å²) in [7, 11) is 0. The summed E-state index contributed by atoms with van der Waals surface area (Å²) in [6.45, 7) is 18.0. The Morgan fingerprint density at radius 1 is 0.750 bits per heavy atom. The minimum atomic E-state index is 0.0780. The van der Waals surface area contributed by atoms with E-state index in [4.69, 9.17) is 9.47 Å². The summed E-state index contributed by atoms with van der Waals surface area (Å²) in [4.78, 5) is 5.61. The Labute approximate surface area is 222 Å². The second kappa shape index (κ2) is 10.1. The zero-order valence-electron chi connectivity index (χ0n) is 24.1. The van der Waals surface area contributed by atoms with Crippen LogP contribution < -0.4 is 0 Å². The van der Waals surface area contributed by atoms with Crippen molar-refractivity contribution in [1.29, 1.82) is 0 Å². The minimum Gasteiger partial charge on any atom is -0.352 e. The summed E-state index contributed by atoms with van der Waals surface area (Å²) in [5.74, 6) is 2.17. The summed E-state index contributed by atoms with van der Waals surface area (Å²) < 4.78 is 13.4. The van der Waals surface area contributed by atoms with E-state index in [1.165, 1.54) is 116 Å². The fourth-order valence-corrected chi connectivity index (χ4v) is 10.6. The van der Waals surface area contributed by atoms with E-state index in [2.05, 4.69) is 37.5 Å².